The molecule has 2 N–H and O–H groups in total. The summed E-state index contributed by atoms with van der Waals surface area (Å²) in [6.07, 6.45) is 2.76. The van der Waals surface area contributed by atoms with E-state index in [1.165, 1.54) is 30.6 Å². The highest BCUT2D eigenvalue weighted by Crippen LogP contribution is 2.16. The molecule has 1 heterocycles. The molecule has 0 aliphatic carbocycles. The number of nitrogens with one attached hydrogen (secondary N) is 2. The van der Waals surface area contributed by atoms with E-state index in [1.54, 1.807) is 6.92 Å². The highest BCUT2D eigenvalue weighted by Gasteiger charge is 2.17. The van der Waals surface area contributed by atoms with Crippen LogP contribution in [0.25, 0.3) is 0 Å². The van der Waals surface area contributed by atoms with Gasteiger partial charge in [-0.3, -0.25) is 19.9 Å². The van der Waals surface area contributed by atoms with Crippen LogP contribution in [0.2, 0.25) is 0 Å². The van der Waals surface area contributed by atoms with E-state index in [-0.39, 0.29) is 29.4 Å². The summed E-state index contributed by atoms with van der Waals surface area (Å²) in [7, 11) is -3.92. The molecule has 25 heavy (non-hydrogen) atoms. The Labute approximate surface area is 143 Å². The van der Waals surface area contributed by atoms with Gasteiger partial charge in [0.1, 0.15) is 5.69 Å². The van der Waals surface area contributed by atoms with E-state index in [0.29, 0.717) is 5.69 Å². The van der Waals surface area contributed by atoms with Crippen molar-refractivity contribution in [2.75, 3.05) is 13.1 Å². The molecule has 1 aromatic carbocycles. The van der Waals surface area contributed by atoms with Crippen molar-refractivity contribution >= 4 is 21.6 Å². The minimum absolute atomic E-state index is 0.0164. The first-order chi connectivity index (χ1) is 11.8. The monoisotopic (exact) mass is 365 g/mol. The third-order valence-corrected chi connectivity index (χ3v) is 4.51. The molecular weight excluding hydrogens is 350 g/mol. The quantitative estimate of drug-likeness (QED) is 0.410. The topological polar surface area (TPSA) is 144 Å². The van der Waals surface area contributed by atoms with Crippen molar-refractivity contribution in [3.05, 3.63) is 58.2 Å². The van der Waals surface area contributed by atoms with Crippen molar-refractivity contribution in [1.82, 2.24) is 20.0 Å². The van der Waals surface area contributed by atoms with Gasteiger partial charge in [0.2, 0.25) is 10.0 Å². The Morgan fingerprint density at radius 2 is 2.00 bits per heavy atom. The fraction of sp³-hybridized carbons (Fsp3) is 0.214. The van der Waals surface area contributed by atoms with Crippen LogP contribution in [0.1, 0.15) is 16.2 Å². The molecule has 0 saturated carbocycles. The van der Waals surface area contributed by atoms with Crippen molar-refractivity contribution in [2.45, 2.75) is 11.8 Å². The maximum absolute atomic E-state index is 12.1. The second-order valence-corrected chi connectivity index (χ2v) is 6.72. The van der Waals surface area contributed by atoms with Gasteiger partial charge in [0.15, 0.2) is 0 Å². The lowest BCUT2D eigenvalue weighted by molar-refractivity contribution is -0.385. The van der Waals surface area contributed by atoms with Crippen LogP contribution in [0.3, 0.4) is 0 Å². The number of non-ortho nitro benzene ring substituents is 1. The van der Waals surface area contributed by atoms with Gasteiger partial charge in [-0.25, -0.2) is 18.1 Å². The lowest BCUT2D eigenvalue weighted by Gasteiger charge is -2.08. The van der Waals surface area contributed by atoms with E-state index in [1.807, 2.05) is 0 Å². The predicted molar refractivity (Wildman–Crippen MR) is 87.4 cm³/mol. The summed E-state index contributed by atoms with van der Waals surface area (Å²) in [6.45, 7) is 1.66. The van der Waals surface area contributed by atoms with E-state index < -0.39 is 20.9 Å². The number of aromatic nitrogens is 2. The van der Waals surface area contributed by atoms with Crippen LogP contribution in [-0.4, -0.2) is 42.3 Å². The number of amides is 1. The number of benzene rings is 1. The molecule has 0 saturated heterocycles. The number of sulfonamides is 1. The fourth-order valence-electron chi connectivity index (χ4n) is 1.81. The first-order valence-electron chi connectivity index (χ1n) is 7.10. The Balaban J connectivity index is 1.90. The zero-order chi connectivity index (χ0) is 18.4. The van der Waals surface area contributed by atoms with Crippen LogP contribution < -0.4 is 10.0 Å². The Kier molecular flexibility index (Phi) is 5.72. The second kappa shape index (κ2) is 7.77. The highest BCUT2D eigenvalue weighted by atomic mass is 32.2. The van der Waals surface area contributed by atoms with Crippen molar-refractivity contribution in [3.63, 3.8) is 0 Å². The van der Waals surface area contributed by atoms with E-state index in [4.69, 9.17) is 0 Å². The van der Waals surface area contributed by atoms with Gasteiger partial charge < -0.3 is 5.32 Å². The van der Waals surface area contributed by atoms with Crippen LogP contribution >= 0.6 is 0 Å². The van der Waals surface area contributed by atoms with E-state index in [9.17, 15) is 23.3 Å². The molecule has 0 spiro atoms. The van der Waals surface area contributed by atoms with Crippen LogP contribution in [0.5, 0.6) is 0 Å². The molecule has 1 aromatic heterocycles. The SMILES string of the molecule is Cc1cnc(C(=O)NCCNS(=O)(=O)c2cccc([N+](=O)[O-])c2)cn1. The van der Waals surface area contributed by atoms with Crippen LogP contribution in [0.4, 0.5) is 5.69 Å². The molecule has 0 radical (unpaired) electrons. The number of nitro benzene ring substituents is 1. The summed E-state index contributed by atoms with van der Waals surface area (Å²) in [5, 5.41) is 13.2. The normalized spacial score (nSPS) is 11.1. The summed E-state index contributed by atoms with van der Waals surface area (Å²) in [6, 6.07) is 4.69. The average Bonchev–Trinajstić information content (AvgIpc) is 2.59. The predicted octanol–water partition coefficient (Wildman–Crippen LogP) is 0.402. The molecule has 0 bridgehead atoms. The number of carbonyl (C=O) groups is 1. The van der Waals surface area contributed by atoms with Crippen LogP contribution in [-0.2, 0) is 10.0 Å². The minimum atomic E-state index is -3.92. The molecule has 0 fully saturated rings. The van der Waals surface area contributed by atoms with Crippen molar-refractivity contribution < 1.29 is 18.1 Å². The number of hydrogen-bond acceptors (Lipinski definition) is 7. The van der Waals surface area contributed by atoms with E-state index in [2.05, 4.69) is 20.0 Å². The number of hydrogen-bond donors (Lipinski definition) is 2. The van der Waals surface area contributed by atoms with Crippen molar-refractivity contribution in [2.24, 2.45) is 0 Å². The Morgan fingerprint density at radius 3 is 2.64 bits per heavy atom. The third-order valence-electron chi connectivity index (χ3n) is 3.05. The second-order valence-electron chi connectivity index (χ2n) is 4.95. The Morgan fingerprint density at radius 1 is 1.24 bits per heavy atom. The molecule has 2 aromatic rings. The molecular formula is C14H15N5O5S. The van der Waals surface area contributed by atoms with Crippen molar-refractivity contribution in [1.29, 1.82) is 0 Å². The number of nitrogens with zero attached hydrogens (tertiary/aromatic N) is 3. The summed E-state index contributed by atoms with van der Waals surface area (Å²) in [5.74, 6) is -0.484. The van der Waals surface area contributed by atoms with E-state index in [0.717, 1.165) is 6.07 Å². The Hall–Kier alpha value is -2.92. The van der Waals surface area contributed by atoms with Gasteiger partial charge in [0, 0.05) is 31.4 Å². The van der Waals surface area contributed by atoms with Crippen LogP contribution in [0.15, 0.2) is 41.6 Å². The number of nitro groups is 1. The zero-order valence-electron chi connectivity index (χ0n) is 13.2. The molecule has 1 amide bonds. The van der Waals surface area contributed by atoms with Gasteiger partial charge in [0.25, 0.3) is 11.6 Å². The summed E-state index contributed by atoms with van der Waals surface area (Å²) in [5.41, 5.74) is 0.461. The molecule has 11 heteroatoms. The van der Waals surface area contributed by atoms with Gasteiger partial charge in [-0.2, -0.15) is 0 Å². The molecule has 0 aliphatic rings. The van der Waals surface area contributed by atoms with Crippen molar-refractivity contribution in [3.8, 4) is 0 Å². The molecule has 10 nitrogen and oxygen atoms in total. The molecule has 132 valence electrons. The maximum atomic E-state index is 12.1. The van der Waals surface area contributed by atoms with E-state index >= 15 is 0 Å². The average molecular weight is 365 g/mol. The van der Waals surface area contributed by atoms with Crippen LogP contribution in [0, 0.1) is 17.0 Å². The minimum Gasteiger partial charge on any atom is -0.349 e. The summed E-state index contributed by atoms with van der Waals surface area (Å²) >= 11 is 0. The lowest BCUT2D eigenvalue weighted by Crippen LogP contribution is -2.35. The van der Waals surface area contributed by atoms with Gasteiger partial charge in [-0.15, -0.1) is 0 Å². The summed E-state index contributed by atoms with van der Waals surface area (Å²) < 4.78 is 26.4. The fourth-order valence-corrected chi connectivity index (χ4v) is 2.88. The first kappa shape index (κ1) is 18.4. The largest absolute Gasteiger partial charge is 0.349 e. The smallest absolute Gasteiger partial charge is 0.271 e. The van der Waals surface area contributed by atoms with Gasteiger partial charge >= 0.3 is 0 Å². The number of carbonyl (C=O) groups excluding carboxylic acids is 1. The van der Waals surface area contributed by atoms with Gasteiger partial charge in [-0.1, -0.05) is 6.07 Å². The molecule has 2 rings (SSSR count). The zero-order valence-corrected chi connectivity index (χ0v) is 14.0. The van der Waals surface area contributed by atoms with Gasteiger partial charge in [-0.05, 0) is 13.0 Å². The Bertz CT molecular complexity index is 883. The summed E-state index contributed by atoms with van der Waals surface area (Å²) in [4.78, 5) is 29.4. The lowest BCUT2D eigenvalue weighted by atomic mass is 10.3. The number of aryl methyl sites for hydroxylation is 1. The maximum Gasteiger partial charge on any atom is 0.271 e. The van der Waals surface area contributed by atoms with Gasteiger partial charge in [0.05, 0.1) is 21.7 Å². The third kappa shape index (κ3) is 5.02. The standard InChI is InChI=1S/C14H15N5O5S/c1-10-8-17-13(9-16-10)14(20)15-5-6-18-25(23,24)12-4-2-3-11(7-12)19(21)22/h2-4,7-9,18H,5-6H2,1H3,(H,15,20). The molecule has 0 atom stereocenters. The number of rotatable bonds is 7. The highest BCUT2D eigenvalue weighted by molar-refractivity contribution is 7.89. The molecule has 0 unspecified atom stereocenters. The first-order valence-corrected chi connectivity index (χ1v) is 8.59. The molecule has 0 aliphatic heterocycles.